The number of hydrogen-bond acceptors (Lipinski definition) is 4. The molecule has 28 heavy (non-hydrogen) atoms. The normalized spacial score (nSPS) is 22.9. The van der Waals surface area contributed by atoms with E-state index in [1.165, 1.54) is 10.4 Å². The number of anilines is 1. The van der Waals surface area contributed by atoms with Gasteiger partial charge in [-0.25, -0.2) is 8.42 Å². The smallest absolute Gasteiger partial charge is 0.258 e. The molecule has 0 aromatic heterocycles. The number of fused-ring (bicyclic) bond motifs is 1. The summed E-state index contributed by atoms with van der Waals surface area (Å²) >= 11 is 0. The summed E-state index contributed by atoms with van der Waals surface area (Å²) in [7, 11) is -3.69. The van der Waals surface area contributed by atoms with Gasteiger partial charge in [0.15, 0.2) is 0 Å². The van der Waals surface area contributed by atoms with Crippen LogP contribution in [0.5, 0.6) is 0 Å². The van der Waals surface area contributed by atoms with Gasteiger partial charge >= 0.3 is 0 Å². The average molecular weight is 401 g/mol. The highest BCUT2D eigenvalue weighted by atomic mass is 32.2. The minimum Gasteiger partial charge on any atom is -0.373 e. The Morgan fingerprint density at radius 1 is 1.04 bits per heavy atom. The summed E-state index contributed by atoms with van der Waals surface area (Å²) in [6.07, 6.45) is 0.484. The molecule has 0 saturated carbocycles. The summed E-state index contributed by atoms with van der Waals surface area (Å²) in [5.41, 5.74) is 2.42. The van der Waals surface area contributed by atoms with Gasteiger partial charge in [-0.1, -0.05) is 24.3 Å². The summed E-state index contributed by atoms with van der Waals surface area (Å²) in [6, 6.07) is 14.2. The number of carbonyl (C=O) groups is 1. The van der Waals surface area contributed by atoms with Gasteiger partial charge in [0.2, 0.25) is 10.0 Å². The maximum Gasteiger partial charge on any atom is 0.258 e. The molecule has 2 heterocycles. The number of sulfonamides is 1. The average Bonchev–Trinajstić information content (AvgIpc) is 3.11. The zero-order valence-electron chi connectivity index (χ0n) is 16.0. The van der Waals surface area contributed by atoms with Gasteiger partial charge in [0.1, 0.15) is 0 Å². The van der Waals surface area contributed by atoms with E-state index in [9.17, 15) is 13.2 Å². The molecular formula is C21H24N2O4S. The molecule has 0 bridgehead atoms. The highest BCUT2D eigenvalue weighted by Crippen LogP contribution is 2.29. The van der Waals surface area contributed by atoms with E-state index < -0.39 is 10.0 Å². The molecule has 0 spiro atoms. The molecule has 1 amide bonds. The molecule has 2 aromatic rings. The lowest BCUT2D eigenvalue weighted by Crippen LogP contribution is -2.48. The number of hydrogen-bond donors (Lipinski definition) is 0. The first-order valence-corrected chi connectivity index (χ1v) is 11.0. The van der Waals surface area contributed by atoms with Gasteiger partial charge in [-0.15, -0.1) is 0 Å². The Labute approximate surface area is 165 Å². The summed E-state index contributed by atoms with van der Waals surface area (Å²) in [4.78, 5) is 14.9. The molecule has 2 atom stereocenters. The molecule has 4 rings (SSSR count). The lowest BCUT2D eigenvalue weighted by atomic mass is 10.1. The minimum absolute atomic E-state index is 0.145. The first-order chi connectivity index (χ1) is 13.4. The van der Waals surface area contributed by atoms with Gasteiger partial charge in [-0.3, -0.25) is 4.79 Å². The van der Waals surface area contributed by atoms with Crippen LogP contribution in [0.15, 0.2) is 53.4 Å². The molecule has 0 unspecified atom stereocenters. The van der Waals surface area contributed by atoms with Crippen molar-refractivity contribution >= 4 is 21.6 Å². The number of para-hydroxylation sites is 1. The third-order valence-corrected chi connectivity index (χ3v) is 7.06. The number of nitrogens with zero attached hydrogens (tertiary/aromatic N) is 2. The summed E-state index contributed by atoms with van der Waals surface area (Å²) < 4.78 is 33.3. The van der Waals surface area contributed by atoms with Gasteiger partial charge in [-0.2, -0.15) is 4.31 Å². The Bertz CT molecular complexity index is 995. The van der Waals surface area contributed by atoms with Crippen molar-refractivity contribution in [1.82, 2.24) is 4.31 Å². The third-order valence-electron chi connectivity index (χ3n) is 5.24. The molecule has 0 N–H and O–H groups in total. The second-order valence-corrected chi connectivity index (χ2v) is 9.38. The van der Waals surface area contributed by atoms with Crippen LogP contribution in [0.4, 0.5) is 5.69 Å². The largest absolute Gasteiger partial charge is 0.373 e. The van der Waals surface area contributed by atoms with Crippen LogP contribution in [0, 0.1) is 0 Å². The number of carbonyl (C=O) groups excluding carboxylic acids is 1. The lowest BCUT2D eigenvalue weighted by Gasteiger charge is -2.34. The van der Waals surface area contributed by atoms with Crippen LogP contribution in [0.3, 0.4) is 0 Å². The standard InChI is InChI=1S/C21H24N2O4S/c1-15-13-22(14-16(2)27-15)28(25,26)19-8-5-7-18(12-19)21(24)23-11-10-17-6-3-4-9-20(17)23/h3-9,12,15-16H,10-11,13-14H2,1-2H3/t15-,16-/m0/s1. The minimum atomic E-state index is -3.69. The van der Waals surface area contributed by atoms with Gasteiger partial charge in [0.05, 0.1) is 17.1 Å². The molecule has 1 fully saturated rings. The van der Waals surface area contributed by atoms with E-state index in [1.54, 1.807) is 23.1 Å². The van der Waals surface area contributed by atoms with Crippen LogP contribution in [-0.4, -0.2) is 50.5 Å². The number of amides is 1. The van der Waals surface area contributed by atoms with E-state index in [4.69, 9.17) is 4.74 Å². The molecule has 7 heteroatoms. The van der Waals surface area contributed by atoms with Crippen molar-refractivity contribution in [2.24, 2.45) is 0 Å². The Morgan fingerprint density at radius 3 is 2.50 bits per heavy atom. The van der Waals surface area contributed by atoms with Crippen molar-refractivity contribution in [3.8, 4) is 0 Å². The lowest BCUT2D eigenvalue weighted by molar-refractivity contribution is -0.0440. The number of rotatable bonds is 3. The third kappa shape index (κ3) is 3.45. The molecule has 1 saturated heterocycles. The second kappa shape index (κ2) is 7.31. The molecule has 148 valence electrons. The van der Waals surface area contributed by atoms with Gasteiger partial charge in [0, 0.05) is 30.9 Å². The summed E-state index contributed by atoms with van der Waals surface area (Å²) in [5, 5.41) is 0. The zero-order valence-corrected chi connectivity index (χ0v) is 16.9. The van der Waals surface area contributed by atoms with Crippen molar-refractivity contribution < 1.29 is 17.9 Å². The second-order valence-electron chi connectivity index (χ2n) is 7.44. The Kier molecular flexibility index (Phi) is 4.99. The molecule has 6 nitrogen and oxygen atoms in total. The fourth-order valence-electron chi connectivity index (χ4n) is 3.97. The van der Waals surface area contributed by atoms with Crippen LogP contribution >= 0.6 is 0 Å². The highest BCUT2D eigenvalue weighted by molar-refractivity contribution is 7.89. The fraction of sp³-hybridized carbons (Fsp3) is 0.381. The van der Waals surface area contributed by atoms with E-state index >= 15 is 0 Å². The first-order valence-electron chi connectivity index (χ1n) is 9.51. The Balaban J connectivity index is 1.62. The van der Waals surface area contributed by atoms with E-state index in [0.717, 1.165) is 17.7 Å². The predicted molar refractivity (Wildman–Crippen MR) is 107 cm³/mol. The topological polar surface area (TPSA) is 66.9 Å². The predicted octanol–water partition coefficient (Wildman–Crippen LogP) is 2.69. The molecule has 2 aliphatic heterocycles. The van der Waals surface area contributed by atoms with E-state index in [-0.39, 0.29) is 23.0 Å². The quantitative estimate of drug-likeness (QED) is 0.795. The molecular weight excluding hydrogens is 376 g/mol. The van der Waals surface area contributed by atoms with Crippen LogP contribution in [0.25, 0.3) is 0 Å². The maximum atomic E-state index is 13.1. The summed E-state index contributed by atoms with van der Waals surface area (Å²) in [6.45, 7) is 4.95. The zero-order chi connectivity index (χ0) is 19.9. The molecule has 0 radical (unpaired) electrons. The van der Waals surface area contributed by atoms with Crippen LogP contribution in [0.2, 0.25) is 0 Å². The van der Waals surface area contributed by atoms with Crippen molar-refractivity contribution in [3.63, 3.8) is 0 Å². The van der Waals surface area contributed by atoms with Crippen molar-refractivity contribution in [2.45, 2.75) is 37.4 Å². The van der Waals surface area contributed by atoms with Crippen molar-refractivity contribution in [2.75, 3.05) is 24.5 Å². The fourth-order valence-corrected chi connectivity index (χ4v) is 5.61. The van der Waals surface area contributed by atoms with Gasteiger partial charge in [-0.05, 0) is 50.1 Å². The Morgan fingerprint density at radius 2 is 1.75 bits per heavy atom. The maximum absolute atomic E-state index is 13.1. The SMILES string of the molecule is C[C@H]1CN(S(=O)(=O)c2cccc(C(=O)N3CCc4ccccc43)c2)C[C@H](C)O1. The van der Waals surface area contributed by atoms with E-state index in [0.29, 0.717) is 25.2 Å². The van der Waals surface area contributed by atoms with Crippen LogP contribution in [0.1, 0.15) is 29.8 Å². The van der Waals surface area contributed by atoms with E-state index in [1.807, 2.05) is 38.1 Å². The van der Waals surface area contributed by atoms with Crippen LogP contribution < -0.4 is 4.90 Å². The van der Waals surface area contributed by atoms with Gasteiger partial charge < -0.3 is 9.64 Å². The Hall–Kier alpha value is -2.22. The van der Waals surface area contributed by atoms with Crippen molar-refractivity contribution in [3.05, 3.63) is 59.7 Å². The van der Waals surface area contributed by atoms with Crippen LogP contribution in [-0.2, 0) is 21.2 Å². The van der Waals surface area contributed by atoms with Crippen molar-refractivity contribution in [1.29, 1.82) is 0 Å². The first kappa shape index (κ1) is 19.1. The summed E-state index contributed by atoms with van der Waals surface area (Å²) in [5.74, 6) is -0.175. The monoisotopic (exact) mass is 400 g/mol. The highest BCUT2D eigenvalue weighted by Gasteiger charge is 2.33. The number of morpholine rings is 1. The van der Waals surface area contributed by atoms with Gasteiger partial charge in [0.25, 0.3) is 5.91 Å². The molecule has 0 aliphatic carbocycles. The molecule has 2 aliphatic rings. The number of benzene rings is 2. The number of ether oxygens (including phenoxy) is 1. The van der Waals surface area contributed by atoms with E-state index in [2.05, 4.69) is 0 Å². The molecule has 2 aromatic carbocycles.